The Morgan fingerprint density at radius 2 is 1.41 bits per heavy atom. The van der Waals surface area contributed by atoms with E-state index in [1.54, 1.807) is 24.5 Å². The van der Waals surface area contributed by atoms with Gasteiger partial charge in [-0.25, -0.2) is 14.8 Å². The third-order valence-corrected chi connectivity index (χ3v) is 8.71. The maximum Gasteiger partial charge on any atom is 0.326 e. The fraction of sp³-hybridized carbons (Fsp3) is 0.390. The van der Waals surface area contributed by atoms with Gasteiger partial charge in [-0.3, -0.25) is 9.59 Å². The normalized spacial score (nSPS) is 12.5. The molecule has 0 radical (unpaired) electrons. The summed E-state index contributed by atoms with van der Waals surface area (Å²) in [5.74, 6) is -0.854. The van der Waals surface area contributed by atoms with Gasteiger partial charge in [-0.15, -0.1) is 0 Å². The van der Waals surface area contributed by atoms with Crippen LogP contribution in [0.2, 0.25) is 0 Å². The Balaban J connectivity index is 1.42. The second-order valence-corrected chi connectivity index (χ2v) is 13.8. The van der Waals surface area contributed by atoms with Crippen LogP contribution in [0.15, 0.2) is 85.2 Å². The number of carboxylic acids is 1. The highest BCUT2D eigenvalue weighted by Crippen LogP contribution is 2.25. The Morgan fingerprint density at radius 3 is 2.00 bits per heavy atom. The second kappa shape index (κ2) is 18.8. The Hall–Kier alpha value is -5.09. The summed E-state index contributed by atoms with van der Waals surface area (Å²) in [6.45, 7) is 9.27. The van der Waals surface area contributed by atoms with Crippen LogP contribution in [0.25, 0.3) is 22.5 Å². The maximum atomic E-state index is 13.4. The number of aromatic nitrogens is 2. The topological polar surface area (TPSA) is 157 Å². The third-order valence-electron chi connectivity index (χ3n) is 8.71. The van der Waals surface area contributed by atoms with E-state index in [2.05, 4.69) is 48.3 Å². The number of unbranched alkanes of at least 4 members (excludes halogenated alkanes) is 4. The number of nitrogens with one attached hydrogen (secondary N) is 2. The monoisotopic (exact) mass is 693 g/mol. The van der Waals surface area contributed by atoms with E-state index in [0.29, 0.717) is 18.0 Å². The van der Waals surface area contributed by atoms with E-state index in [4.69, 9.17) is 10.5 Å². The molecule has 0 bridgehead atoms. The van der Waals surface area contributed by atoms with Crippen molar-refractivity contribution in [2.24, 2.45) is 5.73 Å². The number of rotatable bonds is 18. The van der Waals surface area contributed by atoms with Gasteiger partial charge in [-0.2, -0.15) is 0 Å². The number of aliphatic carboxylic acids is 1. The first-order chi connectivity index (χ1) is 24.5. The van der Waals surface area contributed by atoms with Gasteiger partial charge in [-0.05, 0) is 65.8 Å². The van der Waals surface area contributed by atoms with Gasteiger partial charge < -0.3 is 26.2 Å². The van der Waals surface area contributed by atoms with Crippen LogP contribution in [-0.4, -0.2) is 58.1 Å². The number of hydrogen-bond donors (Lipinski definition) is 4. The molecule has 4 rings (SSSR count). The zero-order valence-electron chi connectivity index (χ0n) is 30.2. The van der Waals surface area contributed by atoms with Crippen LogP contribution in [0.5, 0.6) is 5.75 Å². The molecular weight excluding hydrogens is 642 g/mol. The largest absolute Gasteiger partial charge is 0.494 e. The molecule has 0 aliphatic carbocycles. The van der Waals surface area contributed by atoms with Crippen LogP contribution in [0.3, 0.4) is 0 Å². The zero-order chi connectivity index (χ0) is 36.8. The standard InChI is InChI=1S/C41H51N5O5/c1-5-6-7-8-9-24-51-34-20-16-29(17-21-34)32-26-43-37(44-27-32)30-12-10-28(11-13-30)25-36(39(48)45-35(22-23-42)40(49)50)46-38(47)31-14-18-33(19-15-31)41(2,3)4/h10-21,26-27,35-36H,5-9,22-25,42H2,1-4H3,(H,45,48)(H,46,47)(H,49,50)/t35-,36+/m1/s1. The minimum absolute atomic E-state index is 0.0580. The van der Waals surface area contributed by atoms with Crippen LogP contribution in [0, 0.1) is 0 Å². The van der Waals surface area contributed by atoms with E-state index in [-0.39, 0.29) is 24.8 Å². The summed E-state index contributed by atoms with van der Waals surface area (Å²) in [5.41, 5.74) is 10.4. The highest BCUT2D eigenvalue weighted by molar-refractivity contribution is 5.98. The summed E-state index contributed by atoms with van der Waals surface area (Å²) in [6.07, 6.45) is 9.74. The molecule has 0 unspecified atom stereocenters. The van der Waals surface area contributed by atoms with Gasteiger partial charge in [0.1, 0.15) is 17.8 Å². The number of nitrogens with two attached hydrogens (primary N) is 1. The molecule has 1 heterocycles. The lowest BCUT2D eigenvalue weighted by Crippen LogP contribution is -2.52. The van der Waals surface area contributed by atoms with Crippen LogP contribution in [-0.2, 0) is 21.4 Å². The fourth-order valence-electron chi connectivity index (χ4n) is 5.56. The van der Waals surface area contributed by atoms with E-state index in [0.717, 1.165) is 40.0 Å². The number of ether oxygens (including phenoxy) is 1. The first-order valence-electron chi connectivity index (χ1n) is 17.8. The quantitative estimate of drug-likeness (QED) is 0.0838. The van der Waals surface area contributed by atoms with Gasteiger partial charge in [0.2, 0.25) is 5.91 Å². The molecule has 5 N–H and O–H groups in total. The van der Waals surface area contributed by atoms with E-state index in [1.807, 2.05) is 60.7 Å². The van der Waals surface area contributed by atoms with Crippen LogP contribution in [0.1, 0.15) is 87.7 Å². The molecule has 2 atom stereocenters. The van der Waals surface area contributed by atoms with Gasteiger partial charge in [0, 0.05) is 35.5 Å². The SMILES string of the molecule is CCCCCCCOc1ccc(-c2cnc(-c3ccc(C[C@H](NC(=O)c4ccc(C(C)(C)C)cc4)C(=O)N[C@H](CCN)C(=O)O)cc3)nc2)cc1. The highest BCUT2D eigenvalue weighted by atomic mass is 16.5. The van der Waals surface area contributed by atoms with Gasteiger partial charge in [0.15, 0.2) is 5.82 Å². The van der Waals surface area contributed by atoms with E-state index >= 15 is 0 Å². The van der Waals surface area contributed by atoms with E-state index in [9.17, 15) is 19.5 Å². The number of carboxylic acid groups (broad SMARTS) is 1. The molecule has 0 spiro atoms. The number of hydrogen-bond acceptors (Lipinski definition) is 7. The molecule has 0 aliphatic heterocycles. The molecule has 0 saturated carbocycles. The summed E-state index contributed by atoms with van der Waals surface area (Å²) in [5, 5.41) is 14.9. The summed E-state index contributed by atoms with van der Waals surface area (Å²) >= 11 is 0. The number of amides is 2. The molecule has 10 nitrogen and oxygen atoms in total. The Bertz CT molecular complexity index is 1700. The molecule has 4 aromatic rings. The molecular formula is C41H51N5O5. The molecule has 10 heteroatoms. The summed E-state index contributed by atoms with van der Waals surface area (Å²) < 4.78 is 5.89. The van der Waals surface area contributed by atoms with Crippen molar-refractivity contribution in [1.29, 1.82) is 0 Å². The van der Waals surface area contributed by atoms with Crippen LogP contribution >= 0.6 is 0 Å². The lowest BCUT2D eigenvalue weighted by molar-refractivity contribution is -0.142. The Morgan fingerprint density at radius 1 is 0.784 bits per heavy atom. The predicted octanol–water partition coefficient (Wildman–Crippen LogP) is 6.72. The Labute approximate surface area is 301 Å². The smallest absolute Gasteiger partial charge is 0.326 e. The molecule has 2 amide bonds. The second-order valence-electron chi connectivity index (χ2n) is 13.8. The lowest BCUT2D eigenvalue weighted by Gasteiger charge is -2.22. The molecule has 3 aromatic carbocycles. The molecule has 0 fully saturated rings. The fourth-order valence-corrected chi connectivity index (χ4v) is 5.56. The van der Waals surface area contributed by atoms with Gasteiger partial charge in [0.05, 0.1) is 6.61 Å². The number of carbonyl (C=O) groups excluding carboxylic acids is 2. The minimum Gasteiger partial charge on any atom is -0.494 e. The minimum atomic E-state index is -1.19. The molecule has 0 aliphatic rings. The molecule has 270 valence electrons. The number of benzene rings is 3. The first-order valence-corrected chi connectivity index (χ1v) is 17.8. The van der Waals surface area contributed by atoms with Gasteiger partial charge in [0.25, 0.3) is 5.91 Å². The molecule has 1 aromatic heterocycles. The Kier molecular flexibility index (Phi) is 14.3. The molecule has 0 saturated heterocycles. The summed E-state index contributed by atoms with van der Waals surface area (Å²) in [6, 6.07) is 20.3. The zero-order valence-corrected chi connectivity index (χ0v) is 30.2. The number of nitrogens with zero attached hydrogens (tertiary/aromatic N) is 2. The van der Waals surface area contributed by atoms with Crippen molar-refractivity contribution < 1.29 is 24.2 Å². The summed E-state index contributed by atoms with van der Waals surface area (Å²) in [4.78, 5) is 47.6. The van der Waals surface area contributed by atoms with E-state index in [1.165, 1.54) is 25.7 Å². The van der Waals surface area contributed by atoms with Crippen molar-refractivity contribution in [3.8, 4) is 28.3 Å². The van der Waals surface area contributed by atoms with Crippen molar-refractivity contribution in [1.82, 2.24) is 20.6 Å². The van der Waals surface area contributed by atoms with Crippen molar-refractivity contribution in [3.63, 3.8) is 0 Å². The van der Waals surface area contributed by atoms with E-state index < -0.39 is 29.9 Å². The summed E-state index contributed by atoms with van der Waals surface area (Å²) in [7, 11) is 0. The average Bonchev–Trinajstić information content (AvgIpc) is 3.13. The average molecular weight is 694 g/mol. The lowest BCUT2D eigenvalue weighted by atomic mass is 9.86. The maximum absolute atomic E-state index is 13.4. The van der Waals surface area contributed by atoms with Crippen LogP contribution < -0.4 is 21.1 Å². The third kappa shape index (κ3) is 11.7. The number of carbonyl (C=O) groups is 3. The van der Waals surface area contributed by atoms with Gasteiger partial charge in [-0.1, -0.05) is 102 Å². The van der Waals surface area contributed by atoms with Crippen molar-refractivity contribution in [3.05, 3.63) is 102 Å². The van der Waals surface area contributed by atoms with Gasteiger partial charge >= 0.3 is 5.97 Å². The van der Waals surface area contributed by atoms with Crippen molar-refractivity contribution in [2.75, 3.05) is 13.2 Å². The predicted molar refractivity (Wildman–Crippen MR) is 200 cm³/mol. The highest BCUT2D eigenvalue weighted by Gasteiger charge is 2.27. The van der Waals surface area contributed by atoms with Crippen LogP contribution in [0.4, 0.5) is 0 Å². The van der Waals surface area contributed by atoms with Crippen molar-refractivity contribution in [2.45, 2.75) is 90.1 Å². The van der Waals surface area contributed by atoms with Crippen molar-refractivity contribution >= 4 is 17.8 Å². The molecule has 51 heavy (non-hydrogen) atoms. The first kappa shape index (κ1) is 38.7.